The Bertz CT molecular complexity index is 559. The second kappa shape index (κ2) is 6.85. The zero-order chi connectivity index (χ0) is 16.3. The summed E-state index contributed by atoms with van der Waals surface area (Å²) in [6, 6.07) is -0.763. The van der Waals surface area contributed by atoms with Gasteiger partial charge in [0, 0.05) is 24.9 Å². The van der Waals surface area contributed by atoms with Gasteiger partial charge in [0.05, 0.1) is 0 Å². The van der Waals surface area contributed by atoms with Gasteiger partial charge >= 0.3 is 5.97 Å². The number of aliphatic carboxylic acids is 1. The molecule has 0 bridgehead atoms. The van der Waals surface area contributed by atoms with Gasteiger partial charge in [-0.15, -0.1) is 0 Å². The first-order chi connectivity index (χ1) is 10.4. The van der Waals surface area contributed by atoms with E-state index in [0.29, 0.717) is 19.3 Å². The molecular weight excluding hydrogens is 282 g/mol. The summed E-state index contributed by atoms with van der Waals surface area (Å²) in [5.74, 6) is -0.999. The highest BCUT2D eigenvalue weighted by atomic mass is 16.4. The molecule has 1 aliphatic rings. The minimum atomic E-state index is -0.941. The van der Waals surface area contributed by atoms with E-state index in [4.69, 9.17) is 0 Å². The van der Waals surface area contributed by atoms with Gasteiger partial charge in [0.15, 0.2) is 0 Å². The summed E-state index contributed by atoms with van der Waals surface area (Å²) in [4.78, 5) is 33.7. The Kier molecular flexibility index (Phi) is 5.11. The summed E-state index contributed by atoms with van der Waals surface area (Å²) >= 11 is 0. The van der Waals surface area contributed by atoms with Crippen LogP contribution in [0.1, 0.15) is 37.9 Å². The predicted octanol–water partition coefficient (Wildman–Crippen LogP) is 1.54. The summed E-state index contributed by atoms with van der Waals surface area (Å²) in [6.45, 7) is 3.92. The number of carboxylic acids is 1. The average Bonchev–Trinajstić information content (AvgIpc) is 2.50. The third kappa shape index (κ3) is 3.61. The number of amides is 1. The molecule has 0 saturated carbocycles. The first-order valence-corrected chi connectivity index (χ1v) is 7.67. The number of nitrogens with zero attached hydrogens (tertiary/aromatic N) is 3. The standard InChI is InChI=1S/C16H23N3O3/c1-10(2)6-14(16(21)22)19(3)15(20)11-4-5-13-12(7-11)8-17-9-18-13/h8-11,14H,4-7H2,1-3H3,(H,21,22)/t11?,14-/m0/s1. The summed E-state index contributed by atoms with van der Waals surface area (Å²) in [5, 5.41) is 9.38. The number of carboxylic acid groups (broad SMARTS) is 1. The Morgan fingerprint density at radius 3 is 2.82 bits per heavy atom. The molecule has 2 rings (SSSR count). The number of fused-ring (bicyclic) bond motifs is 1. The number of aryl methyl sites for hydroxylation is 1. The van der Waals surface area contributed by atoms with Gasteiger partial charge in [0.25, 0.3) is 0 Å². The number of carbonyl (C=O) groups is 2. The summed E-state index contributed by atoms with van der Waals surface area (Å²) in [5.41, 5.74) is 2.00. The Labute approximate surface area is 130 Å². The Morgan fingerprint density at radius 2 is 2.18 bits per heavy atom. The summed E-state index contributed by atoms with van der Waals surface area (Å²) < 4.78 is 0. The van der Waals surface area contributed by atoms with Crippen molar-refractivity contribution >= 4 is 11.9 Å². The minimum Gasteiger partial charge on any atom is -0.480 e. The fourth-order valence-corrected chi connectivity index (χ4v) is 2.98. The maximum Gasteiger partial charge on any atom is 0.326 e. The van der Waals surface area contributed by atoms with Crippen molar-refractivity contribution in [3.63, 3.8) is 0 Å². The van der Waals surface area contributed by atoms with Crippen molar-refractivity contribution in [1.29, 1.82) is 0 Å². The Morgan fingerprint density at radius 1 is 1.45 bits per heavy atom. The normalized spacial score (nSPS) is 18.6. The summed E-state index contributed by atoms with van der Waals surface area (Å²) in [6.07, 6.45) is 5.78. The van der Waals surface area contributed by atoms with Crippen molar-refractivity contribution in [3.05, 3.63) is 23.8 Å². The fourth-order valence-electron chi connectivity index (χ4n) is 2.98. The van der Waals surface area contributed by atoms with E-state index in [1.54, 1.807) is 13.2 Å². The lowest BCUT2D eigenvalue weighted by Gasteiger charge is -2.31. The van der Waals surface area contributed by atoms with Crippen LogP contribution in [0.4, 0.5) is 0 Å². The third-order valence-corrected chi connectivity index (χ3v) is 4.22. The SMILES string of the molecule is CC(C)C[C@@H](C(=O)O)N(C)C(=O)C1CCc2ncncc2C1. The highest BCUT2D eigenvalue weighted by Crippen LogP contribution is 2.26. The predicted molar refractivity (Wildman–Crippen MR) is 81.2 cm³/mol. The molecule has 1 N–H and O–H groups in total. The van der Waals surface area contributed by atoms with E-state index in [1.807, 2.05) is 13.8 Å². The Balaban J connectivity index is 2.09. The van der Waals surface area contributed by atoms with Gasteiger partial charge in [-0.3, -0.25) is 4.79 Å². The first-order valence-electron chi connectivity index (χ1n) is 7.67. The molecule has 1 aromatic rings. The topological polar surface area (TPSA) is 83.4 Å². The first kappa shape index (κ1) is 16.4. The lowest BCUT2D eigenvalue weighted by molar-refractivity contribution is -0.151. The number of rotatable bonds is 5. The molecule has 6 nitrogen and oxygen atoms in total. The van der Waals surface area contributed by atoms with Gasteiger partial charge < -0.3 is 10.0 Å². The molecule has 22 heavy (non-hydrogen) atoms. The quantitative estimate of drug-likeness (QED) is 0.892. The van der Waals surface area contributed by atoms with Gasteiger partial charge in [-0.25, -0.2) is 14.8 Å². The van der Waals surface area contributed by atoms with Crippen molar-refractivity contribution in [2.24, 2.45) is 11.8 Å². The fraction of sp³-hybridized carbons (Fsp3) is 0.625. The van der Waals surface area contributed by atoms with Gasteiger partial charge in [-0.1, -0.05) is 13.8 Å². The molecule has 0 aliphatic heterocycles. The van der Waals surface area contributed by atoms with Crippen molar-refractivity contribution in [2.45, 2.75) is 45.6 Å². The molecule has 0 saturated heterocycles. The maximum absolute atomic E-state index is 12.7. The zero-order valence-electron chi connectivity index (χ0n) is 13.3. The molecule has 0 radical (unpaired) electrons. The number of hydrogen-bond donors (Lipinski definition) is 1. The number of carbonyl (C=O) groups excluding carboxylic acids is 1. The maximum atomic E-state index is 12.7. The molecule has 6 heteroatoms. The molecule has 0 spiro atoms. The monoisotopic (exact) mass is 305 g/mol. The van der Waals surface area contributed by atoms with E-state index < -0.39 is 12.0 Å². The highest BCUT2D eigenvalue weighted by molar-refractivity contribution is 5.85. The zero-order valence-corrected chi connectivity index (χ0v) is 13.3. The van der Waals surface area contributed by atoms with Crippen LogP contribution in [0, 0.1) is 11.8 Å². The van der Waals surface area contributed by atoms with E-state index in [2.05, 4.69) is 9.97 Å². The lowest BCUT2D eigenvalue weighted by atomic mass is 9.86. The van der Waals surface area contributed by atoms with Crippen molar-refractivity contribution < 1.29 is 14.7 Å². The number of hydrogen-bond acceptors (Lipinski definition) is 4. The largest absolute Gasteiger partial charge is 0.480 e. The van der Waals surface area contributed by atoms with E-state index in [0.717, 1.165) is 17.7 Å². The second-order valence-corrected chi connectivity index (χ2v) is 6.37. The van der Waals surface area contributed by atoms with E-state index in [9.17, 15) is 14.7 Å². The molecule has 1 aliphatic carbocycles. The molecule has 2 atom stereocenters. The van der Waals surface area contributed by atoms with Crippen LogP contribution in [-0.2, 0) is 22.4 Å². The average molecular weight is 305 g/mol. The van der Waals surface area contributed by atoms with Crippen LogP contribution >= 0.6 is 0 Å². The Hall–Kier alpha value is -1.98. The van der Waals surface area contributed by atoms with Crippen LogP contribution in [0.15, 0.2) is 12.5 Å². The molecule has 1 amide bonds. The van der Waals surface area contributed by atoms with Crippen LogP contribution in [0.5, 0.6) is 0 Å². The van der Waals surface area contributed by atoms with Crippen molar-refractivity contribution in [1.82, 2.24) is 14.9 Å². The molecule has 0 aromatic carbocycles. The van der Waals surface area contributed by atoms with Gasteiger partial charge in [0.1, 0.15) is 12.4 Å². The smallest absolute Gasteiger partial charge is 0.326 e. The third-order valence-electron chi connectivity index (χ3n) is 4.22. The molecule has 1 heterocycles. The molecule has 0 fully saturated rings. The summed E-state index contributed by atoms with van der Waals surface area (Å²) in [7, 11) is 1.60. The van der Waals surface area contributed by atoms with Crippen molar-refractivity contribution in [3.8, 4) is 0 Å². The minimum absolute atomic E-state index is 0.0949. The van der Waals surface area contributed by atoms with Gasteiger partial charge in [-0.05, 0) is 37.2 Å². The second-order valence-electron chi connectivity index (χ2n) is 6.37. The molecule has 1 unspecified atom stereocenters. The highest BCUT2D eigenvalue weighted by Gasteiger charge is 2.33. The van der Waals surface area contributed by atoms with Gasteiger partial charge in [0.2, 0.25) is 5.91 Å². The van der Waals surface area contributed by atoms with Crippen LogP contribution in [-0.4, -0.2) is 44.9 Å². The van der Waals surface area contributed by atoms with Gasteiger partial charge in [-0.2, -0.15) is 0 Å². The van der Waals surface area contributed by atoms with E-state index in [1.165, 1.54) is 11.2 Å². The van der Waals surface area contributed by atoms with E-state index in [-0.39, 0.29) is 17.7 Å². The molecular formula is C16H23N3O3. The van der Waals surface area contributed by atoms with Crippen LogP contribution in [0.3, 0.4) is 0 Å². The van der Waals surface area contributed by atoms with E-state index >= 15 is 0 Å². The molecule has 1 aromatic heterocycles. The van der Waals surface area contributed by atoms with Crippen LogP contribution < -0.4 is 0 Å². The van der Waals surface area contributed by atoms with Crippen molar-refractivity contribution in [2.75, 3.05) is 7.05 Å². The van der Waals surface area contributed by atoms with Crippen LogP contribution in [0.25, 0.3) is 0 Å². The number of aromatic nitrogens is 2. The molecule has 120 valence electrons. The van der Waals surface area contributed by atoms with Crippen LogP contribution in [0.2, 0.25) is 0 Å². The lowest BCUT2D eigenvalue weighted by Crippen LogP contribution is -2.46. The number of likely N-dealkylation sites (N-methyl/N-ethyl adjacent to an activating group) is 1.